The number of nitrogens with zero attached hydrogens (tertiary/aromatic N) is 1. The number of likely N-dealkylation sites (tertiary alicyclic amines) is 1. The van der Waals surface area contributed by atoms with E-state index in [1.165, 1.54) is 26.2 Å². The molecule has 1 aromatic carbocycles. The van der Waals surface area contributed by atoms with Crippen LogP contribution in [0.4, 0.5) is 13.2 Å². The summed E-state index contributed by atoms with van der Waals surface area (Å²) in [5.41, 5.74) is 1.17. The predicted molar refractivity (Wildman–Crippen MR) is 118 cm³/mol. The summed E-state index contributed by atoms with van der Waals surface area (Å²) >= 11 is 0. The van der Waals surface area contributed by atoms with E-state index in [9.17, 15) is 27.6 Å². The second kappa shape index (κ2) is 10.4. The Kier molecular flexibility index (Phi) is 7.81. The Balaban J connectivity index is 1.56. The molecule has 2 aromatic rings. The van der Waals surface area contributed by atoms with Crippen LogP contribution in [0.5, 0.6) is 0 Å². The molecule has 0 bridgehead atoms. The van der Waals surface area contributed by atoms with Crippen molar-refractivity contribution in [3.63, 3.8) is 0 Å². The van der Waals surface area contributed by atoms with Crippen molar-refractivity contribution < 1.29 is 32.3 Å². The van der Waals surface area contributed by atoms with Gasteiger partial charge in [0.15, 0.2) is 5.78 Å². The summed E-state index contributed by atoms with van der Waals surface area (Å²) < 4.78 is 43.6. The molecule has 0 spiro atoms. The van der Waals surface area contributed by atoms with Gasteiger partial charge in [0.25, 0.3) is 0 Å². The number of hydrogen-bond donors (Lipinski definition) is 2. The standard InChI is InChI=1S/C24H28F3N3O4/c1-14-21(23(33)34-3)19(29-22(14)15(2)31)12-20(32)28-18-7-9-30(10-8-18)13-16-5-4-6-17(11-16)24(25,26)27/h4-6,11,18,29H,7-10,12-13H2,1-3H3,(H,28,32). The topological polar surface area (TPSA) is 91.5 Å². The molecule has 34 heavy (non-hydrogen) atoms. The van der Waals surface area contributed by atoms with E-state index in [1.54, 1.807) is 13.0 Å². The van der Waals surface area contributed by atoms with E-state index in [0.717, 1.165) is 6.07 Å². The maximum absolute atomic E-state index is 12.9. The van der Waals surface area contributed by atoms with Crippen molar-refractivity contribution in [1.29, 1.82) is 0 Å². The molecule has 0 saturated carbocycles. The Morgan fingerprint density at radius 3 is 2.47 bits per heavy atom. The molecular formula is C24H28F3N3O4. The monoisotopic (exact) mass is 479 g/mol. The quantitative estimate of drug-likeness (QED) is 0.467. The first-order chi connectivity index (χ1) is 16.0. The molecule has 1 aromatic heterocycles. The number of hydrogen-bond acceptors (Lipinski definition) is 5. The first-order valence-electron chi connectivity index (χ1n) is 11.0. The van der Waals surface area contributed by atoms with Crippen molar-refractivity contribution in [1.82, 2.24) is 15.2 Å². The Hall–Kier alpha value is -3.14. The number of nitrogens with one attached hydrogen (secondary N) is 2. The summed E-state index contributed by atoms with van der Waals surface area (Å²) in [4.78, 5) is 41.6. The number of piperidine rings is 1. The lowest BCUT2D eigenvalue weighted by atomic mass is 10.0. The number of ketones is 1. The van der Waals surface area contributed by atoms with Gasteiger partial charge < -0.3 is 15.0 Å². The number of aromatic amines is 1. The third-order valence-electron chi connectivity index (χ3n) is 6.02. The van der Waals surface area contributed by atoms with E-state index >= 15 is 0 Å². The van der Waals surface area contributed by atoms with Crippen LogP contribution in [0.3, 0.4) is 0 Å². The second-order valence-electron chi connectivity index (χ2n) is 8.52. The number of Topliss-reactive ketones (excluding diaryl/α,β-unsaturated/α-hetero) is 1. The van der Waals surface area contributed by atoms with Crippen molar-refractivity contribution in [2.75, 3.05) is 20.2 Å². The second-order valence-corrected chi connectivity index (χ2v) is 8.52. The van der Waals surface area contributed by atoms with Crippen molar-refractivity contribution >= 4 is 17.7 Å². The third-order valence-corrected chi connectivity index (χ3v) is 6.02. The van der Waals surface area contributed by atoms with Gasteiger partial charge in [0.1, 0.15) is 0 Å². The molecular weight excluding hydrogens is 451 g/mol. The highest BCUT2D eigenvalue weighted by Gasteiger charge is 2.31. The number of benzene rings is 1. The van der Waals surface area contributed by atoms with Crippen LogP contribution in [0.15, 0.2) is 24.3 Å². The molecule has 10 heteroatoms. The normalized spacial score (nSPS) is 15.2. The zero-order valence-electron chi connectivity index (χ0n) is 19.3. The van der Waals surface area contributed by atoms with Crippen molar-refractivity contribution in [2.24, 2.45) is 0 Å². The molecule has 3 rings (SSSR count). The van der Waals surface area contributed by atoms with Crippen LogP contribution in [0.2, 0.25) is 0 Å². The van der Waals surface area contributed by atoms with E-state index in [4.69, 9.17) is 4.74 Å². The molecule has 1 saturated heterocycles. The summed E-state index contributed by atoms with van der Waals surface area (Å²) in [6.07, 6.45) is -3.18. The first-order valence-corrected chi connectivity index (χ1v) is 11.0. The highest BCUT2D eigenvalue weighted by atomic mass is 19.4. The van der Waals surface area contributed by atoms with Crippen LogP contribution in [0.1, 0.15) is 63.0 Å². The van der Waals surface area contributed by atoms with Crippen LogP contribution in [0.25, 0.3) is 0 Å². The molecule has 2 heterocycles. The smallest absolute Gasteiger partial charge is 0.416 e. The Morgan fingerprint density at radius 1 is 1.21 bits per heavy atom. The minimum Gasteiger partial charge on any atom is -0.465 e. The van der Waals surface area contributed by atoms with E-state index in [2.05, 4.69) is 15.2 Å². The zero-order chi connectivity index (χ0) is 25.0. The minimum atomic E-state index is -4.37. The van der Waals surface area contributed by atoms with Crippen LogP contribution >= 0.6 is 0 Å². The van der Waals surface area contributed by atoms with E-state index < -0.39 is 17.7 Å². The number of halogens is 3. The number of ether oxygens (including phenoxy) is 1. The van der Waals surface area contributed by atoms with Crippen LogP contribution < -0.4 is 5.32 Å². The molecule has 1 fully saturated rings. The number of H-pyrrole nitrogens is 1. The van der Waals surface area contributed by atoms with Crippen LogP contribution in [-0.4, -0.2) is 53.8 Å². The molecule has 2 N–H and O–H groups in total. The van der Waals surface area contributed by atoms with Gasteiger partial charge in [-0.25, -0.2) is 4.79 Å². The van der Waals surface area contributed by atoms with E-state index in [-0.39, 0.29) is 35.4 Å². The van der Waals surface area contributed by atoms with Gasteiger partial charge in [0.05, 0.1) is 30.4 Å². The number of methoxy groups -OCH3 is 1. The van der Waals surface area contributed by atoms with Gasteiger partial charge in [-0.15, -0.1) is 0 Å². The molecule has 7 nitrogen and oxygen atoms in total. The molecule has 184 valence electrons. The summed E-state index contributed by atoms with van der Waals surface area (Å²) in [5.74, 6) is -1.16. The van der Waals surface area contributed by atoms with Crippen LogP contribution in [0, 0.1) is 6.92 Å². The van der Waals surface area contributed by atoms with Gasteiger partial charge in [0, 0.05) is 38.3 Å². The van der Waals surface area contributed by atoms with Crippen molar-refractivity contribution in [3.05, 3.63) is 57.9 Å². The molecule has 0 aliphatic carbocycles. The number of carbonyl (C=O) groups is 3. The Morgan fingerprint density at radius 2 is 1.88 bits per heavy atom. The minimum absolute atomic E-state index is 0.0878. The number of aromatic nitrogens is 1. The Bertz CT molecular complexity index is 1070. The average Bonchev–Trinajstić information content (AvgIpc) is 3.10. The zero-order valence-corrected chi connectivity index (χ0v) is 19.3. The predicted octanol–water partition coefficient (Wildman–Crippen LogP) is 3.65. The van der Waals surface area contributed by atoms with Gasteiger partial charge in [0.2, 0.25) is 5.91 Å². The van der Waals surface area contributed by atoms with Gasteiger partial charge >= 0.3 is 12.1 Å². The lowest BCUT2D eigenvalue weighted by molar-refractivity contribution is -0.137. The molecule has 1 aliphatic heterocycles. The fraction of sp³-hybridized carbons (Fsp3) is 0.458. The van der Waals surface area contributed by atoms with Gasteiger partial charge in [-0.3, -0.25) is 14.5 Å². The van der Waals surface area contributed by atoms with Crippen LogP contribution in [-0.2, 0) is 28.7 Å². The summed E-state index contributed by atoms with van der Waals surface area (Å²) in [7, 11) is 1.24. The summed E-state index contributed by atoms with van der Waals surface area (Å²) in [6.45, 7) is 4.66. The summed E-state index contributed by atoms with van der Waals surface area (Å²) in [6, 6.07) is 5.22. The number of alkyl halides is 3. The van der Waals surface area contributed by atoms with Crippen molar-refractivity contribution in [3.8, 4) is 0 Å². The number of amides is 1. The third kappa shape index (κ3) is 6.05. The Labute approximate surface area is 195 Å². The highest BCUT2D eigenvalue weighted by molar-refractivity contribution is 6.01. The molecule has 1 aliphatic rings. The largest absolute Gasteiger partial charge is 0.465 e. The highest BCUT2D eigenvalue weighted by Crippen LogP contribution is 2.30. The maximum Gasteiger partial charge on any atom is 0.416 e. The molecule has 0 atom stereocenters. The number of esters is 1. The maximum atomic E-state index is 12.9. The SMILES string of the molecule is COC(=O)c1c(CC(=O)NC2CCN(Cc3cccc(C(F)(F)F)c3)CC2)[nH]c(C(C)=O)c1C. The fourth-order valence-electron chi connectivity index (χ4n) is 4.30. The van der Waals surface area contributed by atoms with Crippen molar-refractivity contribution in [2.45, 2.75) is 51.9 Å². The van der Waals surface area contributed by atoms with Gasteiger partial charge in [-0.2, -0.15) is 13.2 Å². The number of carbonyl (C=O) groups excluding carboxylic acids is 3. The average molecular weight is 479 g/mol. The lowest BCUT2D eigenvalue weighted by Crippen LogP contribution is -2.44. The lowest BCUT2D eigenvalue weighted by Gasteiger charge is -2.32. The first kappa shape index (κ1) is 25.5. The van der Waals surface area contributed by atoms with E-state index in [0.29, 0.717) is 49.3 Å². The molecule has 0 unspecified atom stereocenters. The van der Waals surface area contributed by atoms with Gasteiger partial charge in [-0.05, 0) is 37.0 Å². The number of rotatable bonds is 7. The molecule has 0 radical (unpaired) electrons. The van der Waals surface area contributed by atoms with Gasteiger partial charge in [-0.1, -0.05) is 18.2 Å². The molecule has 1 amide bonds. The van der Waals surface area contributed by atoms with E-state index in [1.807, 2.05) is 0 Å². The fourth-order valence-corrected chi connectivity index (χ4v) is 4.30. The summed E-state index contributed by atoms with van der Waals surface area (Å²) in [5, 5.41) is 2.95.